The van der Waals surface area contributed by atoms with Crippen molar-refractivity contribution < 1.29 is 9.53 Å². The molecule has 1 amide bonds. The predicted molar refractivity (Wildman–Crippen MR) is 105 cm³/mol. The second-order valence-corrected chi connectivity index (χ2v) is 7.31. The zero-order valence-corrected chi connectivity index (χ0v) is 15.6. The summed E-state index contributed by atoms with van der Waals surface area (Å²) in [7, 11) is 0. The summed E-state index contributed by atoms with van der Waals surface area (Å²) < 4.78 is 7.27. The first kappa shape index (κ1) is 16.7. The molecule has 0 aliphatic carbocycles. The Morgan fingerprint density at radius 1 is 1.35 bits per heavy atom. The number of ether oxygens (including phenoxy) is 1. The SMILES string of the molecule is CCN=c1scc(-c2ccc3c(c2)NC(=O)CO3)n1/N=C\c1cccs1. The summed E-state index contributed by atoms with van der Waals surface area (Å²) in [5, 5.41) is 11.5. The van der Waals surface area contributed by atoms with Crippen molar-refractivity contribution in [2.75, 3.05) is 18.5 Å². The highest BCUT2D eigenvalue weighted by Crippen LogP contribution is 2.32. The second kappa shape index (κ2) is 7.27. The third-order valence-corrected chi connectivity index (χ3v) is 5.39. The number of carbonyl (C=O) groups excluding carboxylic acids is 1. The smallest absolute Gasteiger partial charge is 0.262 e. The minimum Gasteiger partial charge on any atom is -0.482 e. The molecule has 26 heavy (non-hydrogen) atoms. The Morgan fingerprint density at radius 3 is 3.08 bits per heavy atom. The normalized spacial score (nSPS) is 14.3. The molecule has 4 rings (SSSR count). The fourth-order valence-electron chi connectivity index (χ4n) is 2.57. The molecule has 1 N–H and O–H groups in total. The third kappa shape index (κ3) is 3.33. The van der Waals surface area contributed by atoms with Crippen LogP contribution < -0.4 is 14.9 Å². The maximum absolute atomic E-state index is 11.6. The Balaban J connectivity index is 1.78. The fourth-order valence-corrected chi connectivity index (χ4v) is 4.06. The lowest BCUT2D eigenvalue weighted by Gasteiger charge is -2.18. The van der Waals surface area contributed by atoms with Gasteiger partial charge < -0.3 is 10.1 Å². The van der Waals surface area contributed by atoms with Gasteiger partial charge in [0.2, 0.25) is 4.80 Å². The van der Waals surface area contributed by atoms with Crippen LogP contribution in [0.15, 0.2) is 51.2 Å². The molecule has 2 aromatic heterocycles. The van der Waals surface area contributed by atoms with E-state index >= 15 is 0 Å². The highest BCUT2D eigenvalue weighted by molar-refractivity contribution is 7.11. The van der Waals surface area contributed by atoms with Crippen LogP contribution in [0, 0.1) is 0 Å². The number of hydrogen-bond acceptors (Lipinski definition) is 6. The first-order chi connectivity index (χ1) is 12.7. The van der Waals surface area contributed by atoms with E-state index in [0.717, 1.165) is 20.9 Å². The average molecular weight is 384 g/mol. The molecule has 1 aliphatic rings. The third-order valence-electron chi connectivity index (χ3n) is 3.73. The molecule has 1 aromatic carbocycles. The molecule has 3 heterocycles. The lowest BCUT2D eigenvalue weighted by atomic mass is 10.1. The zero-order valence-electron chi connectivity index (χ0n) is 14.0. The molecule has 0 unspecified atom stereocenters. The Bertz CT molecular complexity index is 1030. The lowest BCUT2D eigenvalue weighted by molar-refractivity contribution is -0.118. The van der Waals surface area contributed by atoms with Gasteiger partial charge in [-0.15, -0.1) is 22.7 Å². The van der Waals surface area contributed by atoms with E-state index in [1.165, 1.54) is 11.3 Å². The topological polar surface area (TPSA) is 68.0 Å². The van der Waals surface area contributed by atoms with Gasteiger partial charge in [0.05, 0.1) is 17.6 Å². The van der Waals surface area contributed by atoms with E-state index in [1.807, 2.05) is 58.9 Å². The van der Waals surface area contributed by atoms with Crippen molar-refractivity contribution in [3.63, 3.8) is 0 Å². The largest absolute Gasteiger partial charge is 0.482 e. The van der Waals surface area contributed by atoms with E-state index < -0.39 is 0 Å². The monoisotopic (exact) mass is 384 g/mol. The molecular formula is C18H16N4O2S2. The Morgan fingerprint density at radius 2 is 2.27 bits per heavy atom. The molecule has 8 heteroatoms. The van der Waals surface area contributed by atoms with Crippen LogP contribution in [-0.2, 0) is 4.79 Å². The number of thiophene rings is 1. The predicted octanol–water partition coefficient (Wildman–Crippen LogP) is 3.41. The van der Waals surface area contributed by atoms with Gasteiger partial charge in [-0.3, -0.25) is 9.79 Å². The molecule has 0 fully saturated rings. The zero-order chi connectivity index (χ0) is 17.9. The van der Waals surface area contributed by atoms with E-state index in [0.29, 0.717) is 18.0 Å². The van der Waals surface area contributed by atoms with E-state index in [-0.39, 0.29) is 12.5 Å². The minimum atomic E-state index is -0.148. The van der Waals surface area contributed by atoms with Gasteiger partial charge in [0.15, 0.2) is 6.61 Å². The van der Waals surface area contributed by atoms with Gasteiger partial charge in [-0.1, -0.05) is 6.07 Å². The molecule has 6 nitrogen and oxygen atoms in total. The first-order valence-electron chi connectivity index (χ1n) is 8.10. The molecule has 0 atom stereocenters. The number of hydrogen-bond donors (Lipinski definition) is 1. The van der Waals surface area contributed by atoms with Gasteiger partial charge >= 0.3 is 0 Å². The van der Waals surface area contributed by atoms with Gasteiger partial charge in [-0.05, 0) is 36.6 Å². The Kier molecular flexibility index (Phi) is 4.68. The van der Waals surface area contributed by atoms with Gasteiger partial charge in [-0.2, -0.15) is 5.10 Å². The summed E-state index contributed by atoms with van der Waals surface area (Å²) in [6.07, 6.45) is 1.83. The molecule has 132 valence electrons. The van der Waals surface area contributed by atoms with Gasteiger partial charge in [0.1, 0.15) is 5.75 Å². The van der Waals surface area contributed by atoms with Crippen molar-refractivity contribution in [2.45, 2.75) is 6.92 Å². The first-order valence-corrected chi connectivity index (χ1v) is 9.86. The van der Waals surface area contributed by atoms with Crippen molar-refractivity contribution in [1.29, 1.82) is 0 Å². The van der Waals surface area contributed by atoms with Crippen LogP contribution in [0.2, 0.25) is 0 Å². The standard InChI is InChI=1S/C18H16N4O2S2/c1-2-19-18-22(20-9-13-4-3-7-25-13)15(11-26-18)12-5-6-16-14(8-12)21-17(23)10-24-16/h3-9,11H,2,10H2,1H3,(H,21,23)/b19-18?,20-9-. The van der Waals surface area contributed by atoms with Crippen molar-refractivity contribution >= 4 is 40.5 Å². The van der Waals surface area contributed by atoms with E-state index in [4.69, 9.17) is 4.74 Å². The van der Waals surface area contributed by atoms with Crippen LogP contribution >= 0.6 is 22.7 Å². The van der Waals surface area contributed by atoms with Crippen LogP contribution in [0.4, 0.5) is 5.69 Å². The van der Waals surface area contributed by atoms with Gasteiger partial charge in [-0.25, -0.2) is 4.68 Å². The highest BCUT2D eigenvalue weighted by atomic mass is 32.1. The van der Waals surface area contributed by atoms with Gasteiger partial charge in [0.25, 0.3) is 5.91 Å². The number of amides is 1. The van der Waals surface area contributed by atoms with E-state index in [9.17, 15) is 4.79 Å². The summed E-state index contributed by atoms with van der Waals surface area (Å²) in [5.74, 6) is 0.529. The lowest BCUT2D eigenvalue weighted by Crippen LogP contribution is -2.25. The maximum atomic E-state index is 11.6. The summed E-state index contributed by atoms with van der Waals surface area (Å²) in [6, 6.07) is 9.75. The number of nitrogens with zero attached hydrogens (tertiary/aromatic N) is 3. The van der Waals surface area contributed by atoms with Crippen molar-refractivity contribution in [1.82, 2.24) is 4.68 Å². The molecule has 0 saturated carbocycles. The molecule has 0 saturated heterocycles. The number of thiazole rings is 1. The molecule has 3 aromatic rings. The number of carbonyl (C=O) groups is 1. The van der Waals surface area contributed by atoms with Crippen LogP contribution in [0.3, 0.4) is 0 Å². The van der Waals surface area contributed by atoms with Crippen LogP contribution in [-0.4, -0.2) is 29.9 Å². The Hall–Kier alpha value is -2.71. The molecular weight excluding hydrogens is 368 g/mol. The number of nitrogens with one attached hydrogen (secondary N) is 1. The van der Waals surface area contributed by atoms with Crippen LogP contribution in [0.1, 0.15) is 11.8 Å². The van der Waals surface area contributed by atoms with Crippen molar-refractivity contribution in [3.05, 3.63) is 50.8 Å². The number of fused-ring (bicyclic) bond motifs is 1. The summed E-state index contributed by atoms with van der Waals surface area (Å²) in [5.41, 5.74) is 2.53. The number of anilines is 1. The van der Waals surface area contributed by atoms with E-state index in [1.54, 1.807) is 11.3 Å². The minimum absolute atomic E-state index is 0.0510. The molecule has 0 bridgehead atoms. The molecule has 1 aliphatic heterocycles. The van der Waals surface area contributed by atoms with Crippen LogP contribution in [0.25, 0.3) is 11.3 Å². The Labute approximate surface area is 158 Å². The summed E-state index contributed by atoms with van der Waals surface area (Å²) >= 11 is 3.17. The van der Waals surface area contributed by atoms with E-state index in [2.05, 4.69) is 15.4 Å². The van der Waals surface area contributed by atoms with Crippen molar-refractivity contribution in [2.24, 2.45) is 10.1 Å². The number of aromatic nitrogens is 1. The van der Waals surface area contributed by atoms with Crippen LogP contribution in [0.5, 0.6) is 5.75 Å². The summed E-state index contributed by atoms with van der Waals surface area (Å²) in [4.78, 5) is 18.0. The molecule has 0 spiro atoms. The molecule has 0 radical (unpaired) electrons. The maximum Gasteiger partial charge on any atom is 0.262 e. The fraction of sp³-hybridized carbons (Fsp3) is 0.167. The summed E-state index contributed by atoms with van der Waals surface area (Å²) in [6.45, 7) is 2.73. The average Bonchev–Trinajstić information content (AvgIpc) is 3.29. The van der Waals surface area contributed by atoms with Gasteiger partial charge in [0, 0.05) is 22.4 Å². The number of benzene rings is 1. The number of rotatable bonds is 4. The quantitative estimate of drug-likeness (QED) is 0.701. The van der Waals surface area contributed by atoms with Crippen molar-refractivity contribution in [3.8, 4) is 17.0 Å². The highest BCUT2D eigenvalue weighted by Gasteiger charge is 2.17. The second-order valence-electron chi connectivity index (χ2n) is 5.50.